The molecule has 1 heterocycles. The Labute approximate surface area is 209 Å². The molecule has 0 unspecified atom stereocenters. The van der Waals surface area contributed by atoms with Crippen molar-refractivity contribution >= 4 is 21.7 Å². The van der Waals surface area contributed by atoms with Gasteiger partial charge in [0, 0.05) is 17.2 Å². The summed E-state index contributed by atoms with van der Waals surface area (Å²) in [5.74, 6) is -0.448. The number of carbonyl (C=O) groups excluding carboxylic acids is 1. The monoisotopic (exact) mass is 510 g/mol. The molecule has 1 aromatic heterocycles. The Bertz CT molecular complexity index is 1420. The average molecular weight is 511 g/mol. The summed E-state index contributed by atoms with van der Waals surface area (Å²) < 4.78 is 43.2. The van der Waals surface area contributed by atoms with Gasteiger partial charge in [-0.15, -0.1) is 0 Å². The zero-order chi connectivity index (χ0) is 25.9. The zero-order valence-corrected chi connectivity index (χ0v) is 21.0. The Morgan fingerprint density at radius 1 is 1.31 bits per heavy atom. The summed E-state index contributed by atoms with van der Waals surface area (Å²) in [4.78, 5) is 19.6. The van der Waals surface area contributed by atoms with E-state index in [0.29, 0.717) is 35.7 Å². The van der Waals surface area contributed by atoms with Gasteiger partial charge in [-0.2, -0.15) is 4.98 Å². The molecule has 188 valence electrons. The number of nitrogens with zero attached hydrogens (tertiary/aromatic N) is 3. The number of hydrogen-bond acceptors (Lipinski definition) is 8. The molecule has 0 spiro atoms. The average Bonchev–Trinajstić information content (AvgIpc) is 3.33. The Kier molecular flexibility index (Phi) is 7.37. The second kappa shape index (κ2) is 10.5. The van der Waals surface area contributed by atoms with Gasteiger partial charge < -0.3 is 14.0 Å². The van der Waals surface area contributed by atoms with E-state index in [0.717, 1.165) is 30.2 Å². The standard InChI is InChI=1S/C25H26N4O6S/c1-15(2)34-22-12-11-16(13-21(22)26-3)25-27-24(28-35-25)19-9-5-8-18-17(19)7-6-10-20(18)29-36(31,32)14-23(30)33-4/h5,8-9,11-13,15,20,29H,6-7,10,14H2,1-2,4H3/t20-/m1/s1. The summed E-state index contributed by atoms with van der Waals surface area (Å²) in [5.41, 5.74) is 3.41. The summed E-state index contributed by atoms with van der Waals surface area (Å²) in [6, 6.07) is 10.2. The normalized spacial score (nSPS) is 15.2. The highest BCUT2D eigenvalue weighted by molar-refractivity contribution is 7.90. The third kappa shape index (κ3) is 5.56. The molecule has 0 saturated heterocycles. The highest BCUT2D eigenvalue weighted by atomic mass is 32.2. The predicted octanol–water partition coefficient (Wildman–Crippen LogP) is 4.21. The van der Waals surface area contributed by atoms with Crippen LogP contribution in [0.15, 0.2) is 40.9 Å². The number of ether oxygens (including phenoxy) is 2. The molecule has 0 amide bonds. The number of nitrogens with one attached hydrogen (secondary N) is 1. The van der Waals surface area contributed by atoms with E-state index in [4.69, 9.17) is 15.8 Å². The van der Waals surface area contributed by atoms with Crippen molar-refractivity contribution in [3.63, 3.8) is 0 Å². The third-order valence-corrected chi connectivity index (χ3v) is 6.98. The van der Waals surface area contributed by atoms with Crippen LogP contribution >= 0.6 is 0 Å². The first-order valence-corrected chi connectivity index (χ1v) is 13.1. The highest BCUT2D eigenvalue weighted by Gasteiger charge is 2.29. The van der Waals surface area contributed by atoms with Crippen LogP contribution in [0.2, 0.25) is 0 Å². The molecule has 1 aliphatic rings. The van der Waals surface area contributed by atoms with E-state index >= 15 is 0 Å². The van der Waals surface area contributed by atoms with Crippen LogP contribution in [0.5, 0.6) is 5.75 Å². The van der Waals surface area contributed by atoms with Gasteiger partial charge in [0.1, 0.15) is 5.75 Å². The quantitative estimate of drug-likeness (QED) is 0.353. The van der Waals surface area contributed by atoms with Crippen molar-refractivity contribution in [3.8, 4) is 28.6 Å². The van der Waals surface area contributed by atoms with Crippen LogP contribution in [0, 0.1) is 6.57 Å². The Hall–Kier alpha value is -3.75. The minimum absolute atomic E-state index is 0.0654. The first kappa shape index (κ1) is 25.3. The molecule has 0 saturated carbocycles. The Morgan fingerprint density at radius 2 is 2.11 bits per heavy atom. The fraction of sp³-hybridized carbons (Fsp3) is 0.360. The van der Waals surface area contributed by atoms with Crippen LogP contribution in [-0.4, -0.2) is 43.5 Å². The number of sulfonamides is 1. The molecule has 0 radical (unpaired) electrons. The van der Waals surface area contributed by atoms with Crippen molar-refractivity contribution < 1.29 is 27.2 Å². The van der Waals surface area contributed by atoms with Crippen LogP contribution in [-0.2, 0) is 26.0 Å². The number of aromatic nitrogens is 2. The molecule has 0 fully saturated rings. The van der Waals surface area contributed by atoms with Gasteiger partial charge in [-0.25, -0.2) is 18.0 Å². The summed E-state index contributed by atoms with van der Waals surface area (Å²) in [7, 11) is -2.72. The SMILES string of the molecule is [C-]#[N+]c1cc(-c2nc(-c3cccc4c3CCC[C@H]4NS(=O)(=O)CC(=O)OC)no2)ccc1OC(C)C. The lowest BCUT2D eigenvalue weighted by molar-refractivity contribution is -0.137. The fourth-order valence-corrected chi connectivity index (χ4v) is 5.38. The minimum atomic E-state index is -3.87. The maximum atomic E-state index is 12.4. The van der Waals surface area contributed by atoms with Crippen LogP contribution in [0.25, 0.3) is 27.7 Å². The molecule has 0 aliphatic heterocycles. The lowest BCUT2D eigenvalue weighted by Crippen LogP contribution is -2.35. The van der Waals surface area contributed by atoms with Gasteiger partial charge in [-0.3, -0.25) is 4.79 Å². The summed E-state index contributed by atoms with van der Waals surface area (Å²) in [6.07, 6.45) is 1.99. The summed E-state index contributed by atoms with van der Waals surface area (Å²) in [5, 5.41) is 4.15. The summed E-state index contributed by atoms with van der Waals surface area (Å²) >= 11 is 0. The molecule has 36 heavy (non-hydrogen) atoms. The van der Waals surface area contributed by atoms with Gasteiger partial charge in [0.25, 0.3) is 5.89 Å². The number of hydrogen-bond donors (Lipinski definition) is 1. The van der Waals surface area contributed by atoms with E-state index < -0.39 is 27.8 Å². The van der Waals surface area contributed by atoms with Crippen LogP contribution < -0.4 is 9.46 Å². The predicted molar refractivity (Wildman–Crippen MR) is 132 cm³/mol. The Morgan fingerprint density at radius 3 is 2.83 bits per heavy atom. The van der Waals surface area contributed by atoms with Crippen LogP contribution in [0.1, 0.15) is 43.9 Å². The lowest BCUT2D eigenvalue weighted by Gasteiger charge is -2.27. The second-order valence-electron chi connectivity index (χ2n) is 8.66. The highest BCUT2D eigenvalue weighted by Crippen LogP contribution is 2.37. The molecule has 0 bridgehead atoms. The topological polar surface area (TPSA) is 125 Å². The molecule has 1 aliphatic carbocycles. The molecular formula is C25H26N4O6S. The molecule has 4 rings (SSSR count). The first-order valence-electron chi connectivity index (χ1n) is 11.4. The smallest absolute Gasteiger partial charge is 0.322 e. The van der Waals surface area contributed by atoms with Gasteiger partial charge >= 0.3 is 5.97 Å². The van der Waals surface area contributed by atoms with Crippen molar-refractivity contribution in [3.05, 3.63) is 58.9 Å². The van der Waals surface area contributed by atoms with Gasteiger partial charge in [0.2, 0.25) is 21.5 Å². The first-order chi connectivity index (χ1) is 17.2. The molecule has 1 N–H and O–H groups in total. The number of methoxy groups -OCH3 is 1. The van der Waals surface area contributed by atoms with Crippen molar-refractivity contribution in [2.75, 3.05) is 12.9 Å². The van der Waals surface area contributed by atoms with E-state index in [2.05, 4.69) is 24.4 Å². The zero-order valence-electron chi connectivity index (χ0n) is 20.1. The van der Waals surface area contributed by atoms with Gasteiger partial charge in [0.05, 0.1) is 19.8 Å². The summed E-state index contributed by atoms with van der Waals surface area (Å²) in [6.45, 7) is 11.2. The molecular weight excluding hydrogens is 484 g/mol. The second-order valence-corrected chi connectivity index (χ2v) is 10.4. The van der Waals surface area contributed by atoms with Gasteiger partial charge in [0.15, 0.2) is 5.75 Å². The van der Waals surface area contributed by atoms with Crippen molar-refractivity contribution in [1.29, 1.82) is 0 Å². The van der Waals surface area contributed by atoms with E-state index in [1.165, 1.54) is 0 Å². The van der Waals surface area contributed by atoms with Gasteiger partial charge in [-0.05, 0) is 62.4 Å². The largest absolute Gasteiger partial charge is 0.502 e. The van der Waals surface area contributed by atoms with Gasteiger partial charge in [-0.1, -0.05) is 23.4 Å². The molecule has 2 aromatic carbocycles. The van der Waals surface area contributed by atoms with Crippen molar-refractivity contribution in [1.82, 2.24) is 14.9 Å². The maximum absolute atomic E-state index is 12.4. The fourth-order valence-electron chi connectivity index (χ4n) is 4.19. The molecule has 10 nitrogen and oxygen atoms in total. The molecule has 3 aromatic rings. The van der Waals surface area contributed by atoms with E-state index in [1.807, 2.05) is 32.0 Å². The van der Waals surface area contributed by atoms with Crippen molar-refractivity contribution in [2.24, 2.45) is 0 Å². The third-order valence-electron chi connectivity index (χ3n) is 5.72. The number of carbonyl (C=O) groups is 1. The van der Waals surface area contributed by atoms with Crippen LogP contribution in [0.3, 0.4) is 0 Å². The molecule has 1 atom stereocenters. The number of rotatable bonds is 8. The lowest BCUT2D eigenvalue weighted by atomic mass is 9.85. The molecule has 11 heteroatoms. The van der Waals surface area contributed by atoms with E-state index in [1.54, 1.807) is 18.2 Å². The van der Waals surface area contributed by atoms with Crippen LogP contribution in [0.4, 0.5) is 5.69 Å². The Balaban J connectivity index is 1.63. The van der Waals surface area contributed by atoms with E-state index in [9.17, 15) is 13.2 Å². The van der Waals surface area contributed by atoms with Crippen molar-refractivity contribution in [2.45, 2.75) is 45.3 Å². The minimum Gasteiger partial charge on any atom is -0.502 e. The number of esters is 1. The number of benzene rings is 2. The maximum Gasteiger partial charge on any atom is 0.322 e. The number of fused-ring (bicyclic) bond motifs is 1. The van der Waals surface area contributed by atoms with E-state index in [-0.39, 0.29) is 12.0 Å².